The van der Waals surface area contributed by atoms with Crippen LogP contribution < -0.4 is 10.1 Å². The number of halogens is 3. The third kappa shape index (κ3) is 3.80. The second-order valence-corrected chi connectivity index (χ2v) is 4.67. The average Bonchev–Trinajstić information content (AvgIpc) is 2.53. The summed E-state index contributed by atoms with van der Waals surface area (Å²) in [5.74, 6) is -0.138. The topological polar surface area (TPSA) is 81.5 Å². The summed E-state index contributed by atoms with van der Waals surface area (Å²) in [4.78, 5) is 21.6. The summed E-state index contributed by atoms with van der Waals surface area (Å²) in [5, 5.41) is 13.0. The zero-order chi connectivity index (χ0) is 17.9. The molecular formula is C15H11F3N2O4. The van der Waals surface area contributed by atoms with Crippen molar-refractivity contribution in [2.24, 2.45) is 0 Å². The third-order valence-corrected chi connectivity index (χ3v) is 3.11. The van der Waals surface area contributed by atoms with E-state index in [0.29, 0.717) is 17.9 Å². The Morgan fingerprint density at radius 2 is 1.79 bits per heavy atom. The Bertz CT molecular complexity index is 773. The summed E-state index contributed by atoms with van der Waals surface area (Å²) in [6.45, 7) is 0. The zero-order valence-electron chi connectivity index (χ0n) is 12.3. The van der Waals surface area contributed by atoms with Crippen molar-refractivity contribution in [3.05, 3.63) is 63.7 Å². The van der Waals surface area contributed by atoms with Gasteiger partial charge in [0.25, 0.3) is 11.6 Å². The van der Waals surface area contributed by atoms with Gasteiger partial charge >= 0.3 is 6.18 Å². The Morgan fingerprint density at radius 1 is 1.17 bits per heavy atom. The van der Waals surface area contributed by atoms with E-state index in [1.54, 1.807) is 0 Å². The molecule has 2 aromatic carbocycles. The maximum atomic E-state index is 12.9. The summed E-state index contributed by atoms with van der Waals surface area (Å²) in [6.07, 6.45) is -4.91. The fourth-order valence-electron chi connectivity index (χ4n) is 1.95. The molecule has 0 atom stereocenters. The molecule has 1 amide bonds. The molecule has 1 N–H and O–H groups in total. The van der Waals surface area contributed by atoms with Crippen molar-refractivity contribution in [2.75, 3.05) is 12.4 Å². The fourth-order valence-corrected chi connectivity index (χ4v) is 1.95. The van der Waals surface area contributed by atoms with Crippen molar-refractivity contribution in [1.82, 2.24) is 0 Å². The summed E-state index contributed by atoms with van der Waals surface area (Å²) < 4.78 is 43.6. The first-order chi connectivity index (χ1) is 11.2. The van der Waals surface area contributed by atoms with E-state index in [1.165, 1.54) is 31.4 Å². The number of methoxy groups -OCH3 is 1. The normalized spacial score (nSPS) is 11.0. The summed E-state index contributed by atoms with van der Waals surface area (Å²) in [5.41, 5.74) is -2.51. The number of alkyl halides is 3. The Kier molecular flexibility index (Phi) is 4.72. The molecule has 9 heteroatoms. The molecule has 0 fully saturated rings. The number of rotatable bonds is 4. The van der Waals surface area contributed by atoms with Crippen LogP contribution in [0.1, 0.15) is 15.9 Å². The molecule has 2 aromatic rings. The van der Waals surface area contributed by atoms with Gasteiger partial charge in [-0.1, -0.05) is 0 Å². The van der Waals surface area contributed by atoms with Crippen LogP contribution >= 0.6 is 0 Å². The van der Waals surface area contributed by atoms with E-state index in [2.05, 4.69) is 5.32 Å². The molecule has 2 rings (SSSR count). The molecule has 6 nitrogen and oxygen atoms in total. The van der Waals surface area contributed by atoms with Crippen molar-refractivity contribution in [2.45, 2.75) is 6.18 Å². The van der Waals surface area contributed by atoms with Crippen LogP contribution in [0, 0.1) is 10.1 Å². The number of nitrogens with one attached hydrogen (secondary N) is 1. The molecule has 0 radical (unpaired) electrons. The van der Waals surface area contributed by atoms with Gasteiger partial charge in [-0.05, 0) is 36.4 Å². The number of ether oxygens (including phenoxy) is 1. The molecule has 0 heterocycles. The molecule has 0 saturated heterocycles. The van der Waals surface area contributed by atoms with Gasteiger partial charge in [0.1, 0.15) is 11.3 Å². The minimum absolute atomic E-state index is 0.197. The predicted molar refractivity (Wildman–Crippen MR) is 79.0 cm³/mol. The molecule has 0 aliphatic rings. The Morgan fingerprint density at radius 3 is 2.29 bits per heavy atom. The van der Waals surface area contributed by atoms with Gasteiger partial charge in [-0.2, -0.15) is 13.2 Å². The van der Waals surface area contributed by atoms with E-state index < -0.39 is 28.3 Å². The first-order valence-corrected chi connectivity index (χ1v) is 6.53. The smallest absolute Gasteiger partial charge is 0.423 e. The number of benzene rings is 2. The lowest BCUT2D eigenvalue weighted by atomic mass is 10.1. The van der Waals surface area contributed by atoms with Gasteiger partial charge in [-0.3, -0.25) is 14.9 Å². The number of carbonyl (C=O) groups is 1. The fraction of sp³-hybridized carbons (Fsp3) is 0.133. The van der Waals surface area contributed by atoms with E-state index >= 15 is 0 Å². The average molecular weight is 340 g/mol. The van der Waals surface area contributed by atoms with E-state index in [9.17, 15) is 28.1 Å². The van der Waals surface area contributed by atoms with E-state index in [1.807, 2.05) is 0 Å². The minimum atomic E-state index is -4.91. The van der Waals surface area contributed by atoms with Crippen LogP contribution in [0.5, 0.6) is 5.75 Å². The highest BCUT2D eigenvalue weighted by Crippen LogP contribution is 2.37. The van der Waals surface area contributed by atoms with Crippen LogP contribution in [0.25, 0.3) is 0 Å². The third-order valence-electron chi connectivity index (χ3n) is 3.11. The largest absolute Gasteiger partial charge is 0.497 e. The summed E-state index contributed by atoms with van der Waals surface area (Å²) in [7, 11) is 1.45. The van der Waals surface area contributed by atoms with Gasteiger partial charge in [0.15, 0.2) is 0 Å². The Balaban J connectivity index is 2.29. The molecule has 0 unspecified atom stereocenters. The summed E-state index contributed by atoms with van der Waals surface area (Å²) in [6, 6.07) is 8.17. The van der Waals surface area contributed by atoms with Gasteiger partial charge < -0.3 is 10.1 Å². The van der Waals surface area contributed by atoms with Crippen molar-refractivity contribution >= 4 is 17.3 Å². The van der Waals surface area contributed by atoms with Gasteiger partial charge in [0.2, 0.25) is 0 Å². The SMILES string of the molecule is COc1ccc(C(=O)Nc2ccc([N+](=O)[O-])c(C(F)(F)F)c2)cc1. The molecule has 0 bridgehead atoms. The van der Waals surface area contributed by atoms with Gasteiger partial charge in [-0.25, -0.2) is 0 Å². The first-order valence-electron chi connectivity index (χ1n) is 6.53. The lowest BCUT2D eigenvalue weighted by molar-refractivity contribution is -0.388. The number of amides is 1. The van der Waals surface area contributed by atoms with Crippen molar-refractivity contribution < 1.29 is 27.6 Å². The highest BCUT2D eigenvalue weighted by Gasteiger charge is 2.38. The van der Waals surface area contributed by atoms with Crippen LogP contribution in [-0.4, -0.2) is 17.9 Å². The second-order valence-electron chi connectivity index (χ2n) is 4.67. The maximum absolute atomic E-state index is 12.9. The highest BCUT2D eigenvalue weighted by molar-refractivity contribution is 6.04. The van der Waals surface area contributed by atoms with Crippen LogP contribution in [0.3, 0.4) is 0 Å². The standard InChI is InChI=1S/C15H11F3N2O4/c1-24-11-5-2-9(3-6-11)14(21)19-10-4-7-13(20(22)23)12(8-10)15(16,17)18/h2-8H,1H3,(H,19,21). The van der Waals surface area contributed by atoms with Gasteiger partial charge in [0, 0.05) is 17.3 Å². The molecule has 126 valence electrons. The minimum Gasteiger partial charge on any atom is -0.497 e. The quantitative estimate of drug-likeness (QED) is 0.676. The van der Waals surface area contributed by atoms with Crippen molar-refractivity contribution in [3.63, 3.8) is 0 Å². The number of anilines is 1. The van der Waals surface area contributed by atoms with E-state index in [0.717, 1.165) is 6.07 Å². The number of carbonyl (C=O) groups excluding carboxylic acids is 1. The van der Waals surface area contributed by atoms with Crippen LogP contribution in [0.15, 0.2) is 42.5 Å². The van der Waals surface area contributed by atoms with Gasteiger partial charge in [-0.15, -0.1) is 0 Å². The van der Waals surface area contributed by atoms with Crippen molar-refractivity contribution in [3.8, 4) is 5.75 Å². The molecule has 0 aliphatic heterocycles. The number of nitrogens with zero attached hydrogens (tertiary/aromatic N) is 1. The molecule has 0 aliphatic carbocycles. The summed E-state index contributed by atoms with van der Waals surface area (Å²) >= 11 is 0. The Labute approximate surface area is 134 Å². The maximum Gasteiger partial charge on any atom is 0.423 e. The van der Waals surface area contributed by atoms with Gasteiger partial charge in [0.05, 0.1) is 12.0 Å². The predicted octanol–water partition coefficient (Wildman–Crippen LogP) is 3.87. The lowest BCUT2D eigenvalue weighted by Crippen LogP contribution is -2.14. The molecule has 0 saturated carbocycles. The number of hydrogen-bond donors (Lipinski definition) is 1. The number of hydrogen-bond acceptors (Lipinski definition) is 4. The van der Waals surface area contributed by atoms with E-state index in [4.69, 9.17) is 4.74 Å². The number of nitro benzene ring substituents is 1. The number of nitro groups is 1. The molecule has 0 spiro atoms. The van der Waals surface area contributed by atoms with Crippen LogP contribution in [-0.2, 0) is 6.18 Å². The lowest BCUT2D eigenvalue weighted by Gasteiger charge is -2.11. The molecule has 24 heavy (non-hydrogen) atoms. The molecular weight excluding hydrogens is 329 g/mol. The Hall–Kier alpha value is -3.10. The monoisotopic (exact) mass is 340 g/mol. The van der Waals surface area contributed by atoms with Crippen LogP contribution in [0.2, 0.25) is 0 Å². The van der Waals surface area contributed by atoms with Crippen molar-refractivity contribution in [1.29, 1.82) is 0 Å². The second kappa shape index (κ2) is 6.57. The first kappa shape index (κ1) is 17.3. The van der Waals surface area contributed by atoms with Crippen LogP contribution in [0.4, 0.5) is 24.5 Å². The zero-order valence-corrected chi connectivity index (χ0v) is 12.3. The van der Waals surface area contributed by atoms with E-state index in [-0.39, 0.29) is 11.3 Å². The highest BCUT2D eigenvalue weighted by atomic mass is 19.4. The molecule has 0 aromatic heterocycles.